The summed E-state index contributed by atoms with van der Waals surface area (Å²) in [5, 5.41) is 8.18. The fourth-order valence-electron chi connectivity index (χ4n) is 0.538. The minimum atomic E-state index is -1.28. The maximum Gasteiger partial charge on any atom is 0.332 e. The van der Waals surface area contributed by atoms with Crippen LogP contribution in [0.25, 0.3) is 0 Å². The van der Waals surface area contributed by atoms with Gasteiger partial charge in [-0.3, -0.25) is 4.79 Å². The number of carboxylic acid groups (broad SMARTS) is 1. The summed E-state index contributed by atoms with van der Waals surface area (Å²) < 4.78 is 4.44. The summed E-state index contributed by atoms with van der Waals surface area (Å²) >= 11 is 0. The first-order valence-corrected chi connectivity index (χ1v) is 2.60. The van der Waals surface area contributed by atoms with E-state index in [0.29, 0.717) is 6.08 Å². The number of ether oxygens (including phenoxy) is 1. The van der Waals surface area contributed by atoms with Crippen LogP contribution in [0, 0.1) is 0 Å². The lowest BCUT2D eigenvalue weighted by atomic mass is 10.4. The predicted molar refractivity (Wildman–Crippen MR) is 33.4 cm³/mol. The van der Waals surface area contributed by atoms with E-state index in [1.54, 1.807) is 0 Å². The number of amidine groups is 1. The predicted octanol–water partition coefficient (Wildman–Crippen LogP) is -1.17. The summed E-state index contributed by atoms with van der Waals surface area (Å²) in [5.41, 5.74) is 4.96. The first kappa shape index (κ1) is 7.26. The van der Waals surface area contributed by atoms with Crippen LogP contribution in [0.4, 0.5) is 0 Å². The van der Waals surface area contributed by atoms with Crippen LogP contribution in [-0.4, -0.2) is 23.0 Å². The average molecular weight is 156 g/mol. The van der Waals surface area contributed by atoms with Crippen LogP contribution in [0.2, 0.25) is 0 Å². The molecule has 0 spiro atoms. The van der Waals surface area contributed by atoms with Crippen LogP contribution in [0.15, 0.2) is 16.8 Å². The summed E-state index contributed by atoms with van der Waals surface area (Å²) in [6, 6.07) is -0.331. The van der Waals surface area contributed by atoms with Crippen molar-refractivity contribution in [2.24, 2.45) is 10.7 Å². The zero-order valence-electron chi connectivity index (χ0n) is 5.27. The smallest absolute Gasteiger partial charge is 0.332 e. The number of aliphatic carboxylic acids is 1. The zero-order valence-corrected chi connectivity index (χ0v) is 5.27. The van der Waals surface area contributed by atoms with Crippen LogP contribution >= 0.6 is 0 Å². The minimum Gasteiger partial charge on any atom is -0.478 e. The normalized spacial score (nSPS) is 19.8. The molecule has 0 fully saturated rings. The lowest BCUT2D eigenvalue weighted by Crippen LogP contribution is -2.10. The van der Waals surface area contributed by atoms with Crippen LogP contribution in [0.1, 0.15) is 0 Å². The van der Waals surface area contributed by atoms with Gasteiger partial charge in [0.15, 0.2) is 0 Å². The highest BCUT2D eigenvalue weighted by Gasteiger charge is 2.21. The van der Waals surface area contributed by atoms with Gasteiger partial charge in [-0.1, -0.05) is 0 Å². The van der Waals surface area contributed by atoms with E-state index in [2.05, 4.69) is 9.73 Å². The van der Waals surface area contributed by atoms with E-state index in [9.17, 15) is 9.59 Å². The summed E-state index contributed by atoms with van der Waals surface area (Å²) in [4.78, 5) is 23.7. The van der Waals surface area contributed by atoms with Gasteiger partial charge in [-0.25, -0.2) is 4.79 Å². The Morgan fingerprint density at radius 1 is 1.73 bits per heavy atom. The van der Waals surface area contributed by atoms with Crippen molar-refractivity contribution in [2.45, 2.75) is 0 Å². The van der Waals surface area contributed by atoms with Crippen molar-refractivity contribution in [3.8, 4) is 0 Å². The van der Waals surface area contributed by atoms with Crippen molar-refractivity contribution in [1.29, 1.82) is 0 Å². The van der Waals surface area contributed by atoms with Crippen molar-refractivity contribution in [3.63, 3.8) is 0 Å². The Bertz CT molecular complexity index is 278. The summed E-state index contributed by atoms with van der Waals surface area (Å²) in [5.74, 6) is -2.42. The number of hydrogen-bond acceptors (Lipinski definition) is 4. The number of hydrogen-bond donors (Lipinski definition) is 2. The molecule has 1 amide bonds. The van der Waals surface area contributed by atoms with Gasteiger partial charge >= 0.3 is 11.9 Å². The molecule has 0 aromatic heterocycles. The molecule has 11 heavy (non-hydrogen) atoms. The third kappa shape index (κ3) is 1.54. The standard InChI is InChI=1S/C5H4N2O4/c6-5-7-4(10)2(11-5)1-3(8)9/h1H,(H,8,9)(H2,6,7,10)/b2-1-. The number of carbonyl (C=O) groups is 2. The van der Waals surface area contributed by atoms with E-state index in [1.165, 1.54) is 0 Å². The second-order valence-electron chi connectivity index (χ2n) is 1.70. The molecule has 0 unspecified atom stereocenters. The number of amides is 1. The van der Waals surface area contributed by atoms with Crippen molar-refractivity contribution >= 4 is 17.9 Å². The van der Waals surface area contributed by atoms with Gasteiger partial charge in [0, 0.05) is 0 Å². The van der Waals surface area contributed by atoms with E-state index in [1.807, 2.05) is 0 Å². The molecule has 0 aromatic carbocycles. The third-order valence-electron chi connectivity index (χ3n) is 0.892. The number of nitrogens with two attached hydrogens (primary N) is 1. The van der Waals surface area contributed by atoms with Gasteiger partial charge in [0.1, 0.15) is 0 Å². The van der Waals surface area contributed by atoms with Gasteiger partial charge in [0.25, 0.3) is 6.02 Å². The number of carbonyl (C=O) groups excluding carboxylic acids is 1. The monoisotopic (exact) mass is 156 g/mol. The van der Waals surface area contributed by atoms with Crippen LogP contribution in [0.3, 0.4) is 0 Å². The van der Waals surface area contributed by atoms with Gasteiger partial charge in [-0.05, 0) is 0 Å². The molecule has 1 heterocycles. The van der Waals surface area contributed by atoms with Crippen LogP contribution in [0.5, 0.6) is 0 Å². The molecule has 1 aliphatic heterocycles. The molecule has 0 atom stereocenters. The molecular weight excluding hydrogens is 152 g/mol. The first-order valence-electron chi connectivity index (χ1n) is 2.60. The fourth-order valence-corrected chi connectivity index (χ4v) is 0.538. The Balaban J connectivity index is 2.82. The van der Waals surface area contributed by atoms with Crippen molar-refractivity contribution < 1.29 is 19.4 Å². The van der Waals surface area contributed by atoms with Gasteiger partial charge in [0.2, 0.25) is 5.76 Å². The van der Waals surface area contributed by atoms with E-state index < -0.39 is 11.9 Å². The highest BCUT2D eigenvalue weighted by Crippen LogP contribution is 2.07. The van der Waals surface area contributed by atoms with Crippen LogP contribution < -0.4 is 5.73 Å². The van der Waals surface area contributed by atoms with E-state index in [4.69, 9.17) is 10.8 Å². The Kier molecular flexibility index (Phi) is 1.59. The Labute approximate surface area is 61.0 Å². The van der Waals surface area contributed by atoms with E-state index >= 15 is 0 Å². The number of nitrogens with zero attached hydrogens (tertiary/aromatic N) is 1. The molecule has 0 saturated carbocycles. The zero-order chi connectivity index (χ0) is 8.43. The highest BCUT2D eigenvalue weighted by molar-refractivity contribution is 6.07. The minimum absolute atomic E-state index is 0.331. The molecule has 6 heteroatoms. The number of aliphatic imine (C=N–C) groups is 1. The molecule has 0 bridgehead atoms. The highest BCUT2D eigenvalue weighted by atomic mass is 16.5. The van der Waals surface area contributed by atoms with Gasteiger partial charge in [-0.2, -0.15) is 4.99 Å². The SMILES string of the molecule is NC1=NC(=O)/C(=C/C(=O)O)O1. The molecule has 0 aromatic rings. The third-order valence-corrected chi connectivity index (χ3v) is 0.892. The second-order valence-corrected chi connectivity index (χ2v) is 1.70. The van der Waals surface area contributed by atoms with E-state index in [-0.39, 0.29) is 11.8 Å². The lowest BCUT2D eigenvalue weighted by molar-refractivity contribution is -0.132. The van der Waals surface area contributed by atoms with E-state index in [0.717, 1.165) is 0 Å². The number of rotatable bonds is 1. The molecule has 0 saturated heterocycles. The van der Waals surface area contributed by atoms with Crippen molar-refractivity contribution in [2.75, 3.05) is 0 Å². The first-order chi connectivity index (χ1) is 5.09. The number of carboxylic acids is 1. The Morgan fingerprint density at radius 3 is 2.73 bits per heavy atom. The van der Waals surface area contributed by atoms with Gasteiger partial charge in [0.05, 0.1) is 6.08 Å². The van der Waals surface area contributed by atoms with Gasteiger partial charge < -0.3 is 15.6 Å². The summed E-state index contributed by atoms with van der Waals surface area (Å²) in [7, 11) is 0. The van der Waals surface area contributed by atoms with Crippen molar-refractivity contribution in [1.82, 2.24) is 0 Å². The van der Waals surface area contributed by atoms with Crippen LogP contribution in [-0.2, 0) is 14.3 Å². The average Bonchev–Trinajstić information content (AvgIpc) is 2.09. The molecule has 1 aliphatic rings. The Hall–Kier alpha value is -1.85. The largest absolute Gasteiger partial charge is 0.478 e. The molecule has 3 N–H and O–H groups in total. The summed E-state index contributed by atoms with van der Waals surface area (Å²) in [6.45, 7) is 0. The fraction of sp³-hybridized carbons (Fsp3) is 0. The van der Waals surface area contributed by atoms with Gasteiger partial charge in [-0.15, -0.1) is 0 Å². The topological polar surface area (TPSA) is 102 Å². The molecular formula is C5H4N2O4. The molecule has 0 aliphatic carbocycles. The second kappa shape index (κ2) is 2.41. The lowest BCUT2D eigenvalue weighted by Gasteiger charge is -1.91. The quantitative estimate of drug-likeness (QED) is 0.465. The maximum atomic E-state index is 10.6. The molecule has 1 rings (SSSR count). The van der Waals surface area contributed by atoms with Crippen molar-refractivity contribution in [3.05, 3.63) is 11.8 Å². The molecule has 0 radical (unpaired) electrons. The molecule has 58 valence electrons. The molecule has 6 nitrogen and oxygen atoms in total. The maximum absolute atomic E-state index is 10.6. The summed E-state index contributed by atoms with van der Waals surface area (Å²) in [6.07, 6.45) is 0.603. The Morgan fingerprint density at radius 2 is 2.36 bits per heavy atom.